The molecule has 0 fully saturated rings. The zero-order valence-electron chi connectivity index (χ0n) is 12.5. The second kappa shape index (κ2) is 4.62. The van der Waals surface area contributed by atoms with Crippen molar-refractivity contribution in [3.8, 4) is 0 Å². The molecule has 2 rings (SSSR count). The van der Waals surface area contributed by atoms with Crippen molar-refractivity contribution < 1.29 is 9.53 Å². The molecule has 0 spiro atoms. The number of rotatable bonds is 0. The predicted molar refractivity (Wildman–Crippen MR) is 83.0 cm³/mol. The van der Waals surface area contributed by atoms with Crippen LogP contribution in [0, 0.1) is 0 Å². The number of hydrogen-bond donors (Lipinski definition) is 1. The summed E-state index contributed by atoms with van der Waals surface area (Å²) < 4.78 is 6.14. The van der Waals surface area contributed by atoms with Crippen LogP contribution in [0.3, 0.4) is 0 Å². The van der Waals surface area contributed by atoms with E-state index in [1.807, 2.05) is 40.7 Å². The van der Waals surface area contributed by atoms with Crippen LogP contribution >= 0.6 is 15.9 Å². The highest BCUT2D eigenvalue weighted by atomic mass is 79.9. The Hall–Kier alpha value is -1.30. The number of nitrogens with zero attached hydrogens (tertiary/aromatic N) is 2. The van der Waals surface area contributed by atoms with Crippen molar-refractivity contribution in [3.05, 3.63) is 16.2 Å². The molecular formula is C14H20BrN3O2. The highest BCUT2D eigenvalue weighted by molar-refractivity contribution is 9.10. The summed E-state index contributed by atoms with van der Waals surface area (Å²) in [7, 11) is 0. The molecule has 1 aliphatic rings. The van der Waals surface area contributed by atoms with E-state index in [2.05, 4.69) is 20.9 Å². The quantitative estimate of drug-likeness (QED) is 0.784. The summed E-state index contributed by atoms with van der Waals surface area (Å²) in [6.07, 6.45) is -0.359. The Morgan fingerprint density at radius 1 is 1.50 bits per heavy atom. The summed E-state index contributed by atoms with van der Waals surface area (Å²) in [6.45, 7) is 10.2. The zero-order chi connectivity index (χ0) is 15.3. The lowest BCUT2D eigenvalue weighted by Crippen LogP contribution is -2.38. The number of pyridine rings is 1. The molecule has 5 nitrogen and oxygen atoms in total. The Bertz CT molecular complexity index is 564. The Balaban J connectivity index is 2.42. The average Bonchev–Trinajstić information content (AvgIpc) is 2.50. The molecule has 0 unspecified atom stereocenters. The van der Waals surface area contributed by atoms with Gasteiger partial charge in [0, 0.05) is 12.0 Å². The van der Waals surface area contributed by atoms with E-state index < -0.39 is 5.60 Å². The number of carbonyl (C=O) groups excluding carboxylic acids is 1. The van der Waals surface area contributed by atoms with Gasteiger partial charge in [-0.15, -0.1) is 0 Å². The Morgan fingerprint density at radius 3 is 2.65 bits per heavy atom. The number of carbonyl (C=O) groups is 1. The van der Waals surface area contributed by atoms with Crippen LogP contribution in [0.15, 0.2) is 10.5 Å². The van der Waals surface area contributed by atoms with Gasteiger partial charge in [0.2, 0.25) is 0 Å². The van der Waals surface area contributed by atoms with Crippen LogP contribution in [0.5, 0.6) is 0 Å². The van der Waals surface area contributed by atoms with Crippen LogP contribution in [-0.2, 0) is 10.2 Å². The van der Waals surface area contributed by atoms with Crippen molar-refractivity contribution in [1.82, 2.24) is 4.98 Å². The highest BCUT2D eigenvalue weighted by Crippen LogP contribution is 2.42. The number of anilines is 2. The third kappa shape index (κ3) is 2.75. The van der Waals surface area contributed by atoms with Gasteiger partial charge >= 0.3 is 6.09 Å². The van der Waals surface area contributed by atoms with E-state index in [1.165, 1.54) is 0 Å². The molecule has 1 amide bonds. The predicted octanol–water partition coefficient (Wildman–Crippen LogP) is 3.46. The lowest BCUT2D eigenvalue weighted by atomic mass is 9.91. The van der Waals surface area contributed by atoms with Crippen molar-refractivity contribution in [2.24, 2.45) is 0 Å². The van der Waals surface area contributed by atoms with Gasteiger partial charge in [-0.05, 0) is 42.8 Å². The maximum absolute atomic E-state index is 12.3. The van der Waals surface area contributed by atoms with Gasteiger partial charge in [0.15, 0.2) is 0 Å². The fraction of sp³-hybridized carbons (Fsp3) is 0.571. The third-order valence-electron chi connectivity index (χ3n) is 3.08. The molecule has 110 valence electrons. The van der Waals surface area contributed by atoms with Crippen LogP contribution in [0.25, 0.3) is 0 Å². The van der Waals surface area contributed by atoms with Gasteiger partial charge in [0.1, 0.15) is 11.4 Å². The SMILES string of the molecule is CC(C)(C)OC(=O)N1CC(C)(C)c2nc(N)c(Br)cc21. The molecule has 1 aromatic rings. The molecule has 0 aliphatic carbocycles. The number of nitrogen functional groups attached to an aromatic ring is 1. The first-order chi connectivity index (χ1) is 9.01. The van der Waals surface area contributed by atoms with E-state index in [0.29, 0.717) is 16.8 Å². The lowest BCUT2D eigenvalue weighted by Gasteiger charge is -2.25. The van der Waals surface area contributed by atoms with Gasteiger partial charge in [-0.2, -0.15) is 0 Å². The van der Waals surface area contributed by atoms with Crippen molar-refractivity contribution in [3.63, 3.8) is 0 Å². The molecule has 0 radical (unpaired) electrons. The van der Waals surface area contributed by atoms with Crippen LogP contribution in [0.4, 0.5) is 16.3 Å². The van der Waals surface area contributed by atoms with E-state index in [4.69, 9.17) is 10.5 Å². The Kier molecular flexibility index (Phi) is 3.48. The first-order valence-corrected chi connectivity index (χ1v) is 7.27. The summed E-state index contributed by atoms with van der Waals surface area (Å²) in [4.78, 5) is 18.4. The minimum absolute atomic E-state index is 0.249. The van der Waals surface area contributed by atoms with Gasteiger partial charge in [0.25, 0.3) is 0 Å². The van der Waals surface area contributed by atoms with Gasteiger partial charge < -0.3 is 10.5 Å². The van der Waals surface area contributed by atoms with Gasteiger partial charge in [-0.1, -0.05) is 13.8 Å². The zero-order valence-corrected chi connectivity index (χ0v) is 14.0. The molecule has 0 saturated carbocycles. The number of fused-ring (bicyclic) bond motifs is 1. The van der Waals surface area contributed by atoms with E-state index in [-0.39, 0.29) is 11.5 Å². The van der Waals surface area contributed by atoms with E-state index in [9.17, 15) is 4.79 Å². The fourth-order valence-corrected chi connectivity index (χ4v) is 2.54. The van der Waals surface area contributed by atoms with Crippen molar-refractivity contribution in [2.45, 2.75) is 45.6 Å². The summed E-state index contributed by atoms with van der Waals surface area (Å²) in [5.41, 5.74) is 6.65. The maximum atomic E-state index is 12.3. The second-order valence-corrected chi connectivity index (χ2v) is 7.53. The number of nitrogens with two attached hydrogens (primary N) is 1. The third-order valence-corrected chi connectivity index (χ3v) is 3.72. The fourth-order valence-electron chi connectivity index (χ4n) is 2.23. The molecular weight excluding hydrogens is 322 g/mol. The molecule has 0 aromatic carbocycles. The van der Waals surface area contributed by atoms with E-state index >= 15 is 0 Å². The molecule has 1 aliphatic heterocycles. The maximum Gasteiger partial charge on any atom is 0.414 e. The summed E-state index contributed by atoms with van der Waals surface area (Å²) in [6, 6.07) is 1.83. The van der Waals surface area contributed by atoms with Gasteiger partial charge in [-0.3, -0.25) is 4.90 Å². The minimum Gasteiger partial charge on any atom is -0.443 e. The van der Waals surface area contributed by atoms with Gasteiger partial charge in [-0.25, -0.2) is 9.78 Å². The molecule has 0 bridgehead atoms. The Labute approximate surface area is 127 Å². The van der Waals surface area contributed by atoms with E-state index in [1.54, 1.807) is 4.90 Å². The minimum atomic E-state index is -0.525. The summed E-state index contributed by atoms with van der Waals surface area (Å²) in [5.74, 6) is 0.433. The van der Waals surface area contributed by atoms with E-state index in [0.717, 1.165) is 11.4 Å². The molecule has 2 N–H and O–H groups in total. The van der Waals surface area contributed by atoms with Crippen molar-refractivity contribution in [1.29, 1.82) is 0 Å². The molecule has 2 heterocycles. The molecule has 20 heavy (non-hydrogen) atoms. The summed E-state index contributed by atoms with van der Waals surface area (Å²) in [5, 5.41) is 0. The smallest absolute Gasteiger partial charge is 0.414 e. The number of ether oxygens (including phenoxy) is 1. The first kappa shape index (κ1) is 15.1. The van der Waals surface area contributed by atoms with Crippen molar-refractivity contribution >= 4 is 33.5 Å². The summed E-state index contributed by atoms with van der Waals surface area (Å²) >= 11 is 3.36. The normalized spacial score (nSPS) is 17.0. The molecule has 1 aromatic heterocycles. The van der Waals surface area contributed by atoms with Crippen molar-refractivity contribution in [2.75, 3.05) is 17.2 Å². The lowest BCUT2D eigenvalue weighted by molar-refractivity contribution is 0.0579. The Morgan fingerprint density at radius 2 is 2.10 bits per heavy atom. The topological polar surface area (TPSA) is 68.5 Å². The van der Waals surface area contributed by atoms with Crippen LogP contribution in [0.2, 0.25) is 0 Å². The number of hydrogen-bond acceptors (Lipinski definition) is 4. The first-order valence-electron chi connectivity index (χ1n) is 6.48. The molecule has 6 heteroatoms. The number of amides is 1. The largest absolute Gasteiger partial charge is 0.443 e. The molecule has 0 saturated heterocycles. The highest BCUT2D eigenvalue weighted by Gasteiger charge is 2.41. The van der Waals surface area contributed by atoms with Crippen LogP contribution in [0.1, 0.15) is 40.3 Å². The standard InChI is InChI=1S/C14H20BrN3O2/c1-13(2,3)20-12(19)18-7-14(4,5)10-9(18)6-8(15)11(16)17-10/h6H,7H2,1-5H3,(H2,16,17). The van der Waals surface area contributed by atoms with Gasteiger partial charge in [0.05, 0.1) is 15.9 Å². The van der Waals surface area contributed by atoms with Crippen LogP contribution in [-0.4, -0.2) is 23.2 Å². The monoisotopic (exact) mass is 341 g/mol. The number of aromatic nitrogens is 1. The average molecular weight is 342 g/mol. The number of halogens is 1. The second-order valence-electron chi connectivity index (χ2n) is 6.67. The molecule has 0 atom stereocenters. The van der Waals surface area contributed by atoms with Crippen LogP contribution < -0.4 is 10.6 Å².